The number of rotatable bonds is 3. The Morgan fingerprint density at radius 1 is 1.31 bits per heavy atom. The first kappa shape index (κ1) is 10.3. The van der Waals surface area contributed by atoms with Crippen LogP contribution in [0.4, 0.5) is 0 Å². The van der Waals surface area contributed by atoms with Crippen LogP contribution in [0.25, 0.3) is 0 Å². The molecule has 1 N–H and O–H groups in total. The van der Waals surface area contributed by atoms with Gasteiger partial charge >= 0.3 is 0 Å². The molecule has 0 saturated heterocycles. The van der Waals surface area contributed by atoms with Gasteiger partial charge in [-0.3, -0.25) is 0 Å². The molecule has 1 rings (SSSR count). The topological polar surface area (TPSA) is 38.7 Å². The van der Waals surface area contributed by atoms with Crippen LogP contribution in [0.5, 0.6) is 5.75 Å². The van der Waals surface area contributed by atoms with E-state index in [0.717, 1.165) is 5.56 Å². The molecule has 1 aromatic carbocycles. The Kier molecular flexibility index (Phi) is 3.54. The molecule has 0 aliphatic carbocycles. The van der Waals surface area contributed by atoms with Gasteiger partial charge in [-0.05, 0) is 12.1 Å². The molecule has 0 atom stereocenters. The quantitative estimate of drug-likeness (QED) is 0.765. The third-order valence-electron chi connectivity index (χ3n) is 1.67. The number of phenols is 1. The fraction of sp³-hybridized carbons (Fsp3) is 0.333. The molecular weight excluding hydrogens is 192 g/mol. The van der Waals surface area contributed by atoms with Crippen molar-refractivity contribution in [3.05, 3.63) is 28.8 Å². The van der Waals surface area contributed by atoms with E-state index in [9.17, 15) is 0 Å². The highest BCUT2D eigenvalue weighted by Gasteiger charge is 2.10. The van der Waals surface area contributed by atoms with Gasteiger partial charge in [-0.1, -0.05) is 17.7 Å². The van der Waals surface area contributed by atoms with E-state index < -0.39 is 6.29 Å². The van der Waals surface area contributed by atoms with E-state index in [0.29, 0.717) is 0 Å². The molecule has 0 aromatic heterocycles. The van der Waals surface area contributed by atoms with Gasteiger partial charge in [0.1, 0.15) is 5.75 Å². The summed E-state index contributed by atoms with van der Waals surface area (Å²) in [7, 11) is 3.07. The summed E-state index contributed by atoms with van der Waals surface area (Å²) in [6.07, 6.45) is -0.446. The second-order valence-corrected chi connectivity index (χ2v) is 2.92. The molecule has 0 spiro atoms. The van der Waals surface area contributed by atoms with Gasteiger partial charge in [-0.25, -0.2) is 0 Å². The van der Waals surface area contributed by atoms with Crippen LogP contribution in [0.3, 0.4) is 0 Å². The minimum Gasteiger partial charge on any atom is -0.506 e. The molecule has 0 unspecified atom stereocenters. The number of phenolic OH excluding ortho intramolecular Hbond substituents is 1. The fourth-order valence-corrected chi connectivity index (χ4v) is 1.23. The van der Waals surface area contributed by atoms with E-state index in [2.05, 4.69) is 0 Å². The molecule has 0 aliphatic heterocycles. The Hall–Kier alpha value is -0.770. The zero-order valence-electron chi connectivity index (χ0n) is 7.45. The molecule has 4 heteroatoms. The van der Waals surface area contributed by atoms with Crippen LogP contribution in [-0.4, -0.2) is 19.3 Å². The largest absolute Gasteiger partial charge is 0.506 e. The Labute approximate surface area is 81.9 Å². The summed E-state index contributed by atoms with van der Waals surface area (Å²) in [5.41, 5.74) is 0.771. The van der Waals surface area contributed by atoms with E-state index in [1.54, 1.807) is 12.1 Å². The molecule has 0 fully saturated rings. The molecule has 0 bridgehead atoms. The van der Waals surface area contributed by atoms with Crippen LogP contribution >= 0.6 is 11.6 Å². The monoisotopic (exact) mass is 202 g/mol. The predicted molar refractivity (Wildman–Crippen MR) is 49.9 cm³/mol. The Balaban J connectivity index is 2.95. The molecule has 0 heterocycles. The number of aromatic hydroxyl groups is 1. The van der Waals surface area contributed by atoms with Crippen LogP contribution in [0.15, 0.2) is 18.2 Å². The maximum absolute atomic E-state index is 9.16. The highest BCUT2D eigenvalue weighted by Crippen LogP contribution is 2.27. The lowest BCUT2D eigenvalue weighted by atomic mass is 10.2. The van der Waals surface area contributed by atoms with Crippen molar-refractivity contribution in [1.82, 2.24) is 0 Å². The summed E-state index contributed by atoms with van der Waals surface area (Å²) in [6, 6.07) is 4.80. The summed E-state index contributed by atoms with van der Waals surface area (Å²) in [6.45, 7) is 0. The highest BCUT2D eigenvalue weighted by molar-refractivity contribution is 6.32. The van der Waals surface area contributed by atoms with Crippen molar-refractivity contribution in [2.45, 2.75) is 6.29 Å². The van der Waals surface area contributed by atoms with Crippen LogP contribution in [0, 0.1) is 0 Å². The first-order chi connectivity index (χ1) is 6.19. The van der Waals surface area contributed by atoms with Crippen molar-refractivity contribution in [2.24, 2.45) is 0 Å². The normalized spacial score (nSPS) is 10.8. The van der Waals surface area contributed by atoms with Crippen molar-refractivity contribution in [2.75, 3.05) is 14.2 Å². The predicted octanol–water partition coefficient (Wildman–Crippen LogP) is 2.34. The number of halogens is 1. The Morgan fingerprint density at radius 3 is 2.38 bits per heavy atom. The minimum absolute atomic E-state index is 0.0522. The van der Waals surface area contributed by atoms with E-state index in [4.69, 9.17) is 26.2 Å². The third kappa shape index (κ3) is 2.34. The minimum atomic E-state index is -0.446. The standard InChI is InChI=1S/C9H11ClO3/c1-12-9(13-2)6-3-4-8(11)7(10)5-6/h3-5,9,11H,1-2H3. The van der Waals surface area contributed by atoms with Gasteiger partial charge in [0, 0.05) is 19.8 Å². The lowest BCUT2D eigenvalue weighted by Gasteiger charge is -2.13. The van der Waals surface area contributed by atoms with Gasteiger partial charge in [0.15, 0.2) is 6.29 Å². The van der Waals surface area contributed by atoms with Gasteiger partial charge < -0.3 is 14.6 Å². The number of benzene rings is 1. The van der Waals surface area contributed by atoms with Crippen molar-refractivity contribution >= 4 is 11.6 Å². The lowest BCUT2D eigenvalue weighted by Crippen LogP contribution is -2.03. The number of methoxy groups -OCH3 is 2. The summed E-state index contributed by atoms with van der Waals surface area (Å²) < 4.78 is 10.0. The highest BCUT2D eigenvalue weighted by atomic mass is 35.5. The van der Waals surface area contributed by atoms with Crippen LogP contribution in [0.2, 0.25) is 5.02 Å². The van der Waals surface area contributed by atoms with E-state index >= 15 is 0 Å². The second-order valence-electron chi connectivity index (χ2n) is 2.51. The maximum atomic E-state index is 9.16. The molecule has 13 heavy (non-hydrogen) atoms. The molecule has 1 aromatic rings. The van der Waals surface area contributed by atoms with Crippen molar-refractivity contribution in [3.8, 4) is 5.75 Å². The van der Waals surface area contributed by atoms with Crippen LogP contribution in [0.1, 0.15) is 11.9 Å². The number of hydrogen-bond acceptors (Lipinski definition) is 3. The zero-order chi connectivity index (χ0) is 9.84. The Morgan fingerprint density at radius 2 is 1.92 bits per heavy atom. The molecule has 0 aliphatic rings. The second kappa shape index (κ2) is 4.46. The first-order valence-corrected chi connectivity index (χ1v) is 4.11. The average molecular weight is 203 g/mol. The van der Waals surface area contributed by atoms with Gasteiger partial charge in [0.05, 0.1) is 5.02 Å². The lowest BCUT2D eigenvalue weighted by molar-refractivity contribution is -0.106. The first-order valence-electron chi connectivity index (χ1n) is 3.73. The summed E-state index contributed by atoms with van der Waals surface area (Å²) in [4.78, 5) is 0. The van der Waals surface area contributed by atoms with Crippen LogP contribution < -0.4 is 0 Å². The van der Waals surface area contributed by atoms with E-state index in [1.807, 2.05) is 0 Å². The fourth-order valence-electron chi connectivity index (χ4n) is 1.04. The van der Waals surface area contributed by atoms with Crippen molar-refractivity contribution < 1.29 is 14.6 Å². The molecule has 0 radical (unpaired) electrons. The third-order valence-corrected chi connectivity index (χ3v) is 1.97. The Bertz CT molecular complexity index is 284. The molecule has 0 saturated carbocycles. The number of hydrogen-bond donors (Lipinski definition) is 1. The van der Waals surface area contributed by atoms with Gasteiger partial charge in [0.2, 0.25) is 0 Å². The SMILES string of the molecule is COC(OC)c1ccc(O)c(Cl)c1. The summed E-state index contributed by atoms with van der Waals surface area (Å²) in [5.74, 6) is 0.0522. The van der Waals surface area contributed by atoms with Crippen LogP contribution in [-0.2, 0) is 9.47 Å². The van der Waals surface area contributed by atoms with Crippen molar-refractivity contribution in [1.29, 1.82) is 0 Å². The molecular formula is C9H11ClO3. The number of ether oxygens (including phenoxy) is 2. The van der Waals surface area contributed by atoms with E-state index in [-0.39, 0.29) is 10.8 Å². The van der Waals surface area contributed by atoms with Gasteiger partial charge in [-0.15, -0.1) is 0 Å². The average Bonchev–Trinajstić information content (AvgIpc) is 2.13. The smallest absolute Gasteiger partial charge is 0.183 e. The molecule has 0 amide bonds. The molecule has 72 valence electrons. The molecule has 3 nitrogen and oxygen atoms in total. The van der Waals surface area contributed by atoms with Gasteiger partial charge in [-0.2, -0.15) is 0 Å². The zero-order valence-corrected chi connectivity index (χ0v) is 8.21. The summed E-state index contributed by atoms with van der Waals surface area (Å²) in [5, 5.41) is 9.45. The summed E-state index contributed by atoms with van der Waals surface area (Å²) >= 11 is 5.71. The van der Waals surface area contributed by atoms with Crippen molar-refractivity contribution in [3.63, 3.8) is 0 Å². The maximum Gasteiger partial charge on any atom is 0.183 e. The van der Waals surface area contributed by atoms with Gasteiger partial charge in [0.25, 0.3) is 0 Å². The van der Waals surface area contributed by atoms with E-state index in [1.165, 1.54) is 20.3 Å².